The van der Waals surface area contributed by atoms with E-state index in [-0.39, 0.29) is 11.6 Å². The summed E-state index contributed by atoms with van der Waals surface area (Å²) < 4.78 is 5.70. The first-order chi connectivity index (χ1) is 9.93. The topological polar surface area (TPSA) is 55.4 Å². The Morgan fingerprint density at radius 2 is 2.10 bits per heavy atom. The molecule has 0 heterocycles. The number of hydrogen-bond acceptors (Lipinski definition) is 3. The fourth-order valence-corrected chi connectivity index (χ4v) is 2.34. The van der Waals surface area contributed by atoms with E-state index in [0.717, 1.165) is 17.3 Å². The van der Waals surface area contributed by atoms with Gasteiger partial charge in [0.05, 0.1) is 7.11 Å². The first-order valence-corrected chi connectivity index (χ1v) is 7.54. The number of amides is 1. The molecule has 0 spiro atoms. The molecule has 0 unspecified atom stereocenters. The van der Waals surface area contributed by atoms with Gasteiger partial charge in [0.1, 0.15) is 5.70 Å². The normalized spacial score (nSPS) is 11.1. The minimum Gasteiger partial charge on any atom is -0.464 e. The lowest BCUT2D eigenvalue weighted by Crippen LogP contribution is -2.25. The number of hydrogen-bond donors (Lipinski definition) is 1. The highest BCUT2D eigenvalue weighted by atomic mass is 79.9. The summed E-state index contributed by atoms with van der Waals surface area (Å²) in [5, 5.41) is 2.49. The molecule has 4 nitrogen and oxygen atoms in total. The molecule has 0 bridgehead atoms. The molecule has 0 saturated heterocycles. The van der Waals surface area contributed by atoms with Crippen LogP contribution in [-0.4, -0.2) is 19.0 Å². The van der Waals surface area contributed by atoms with Gasteiger partial charge in [-0.15, -0.1) is 0 Å². The Morgan fingerprint density at radius 3 is 2.71 bits per heavy atom. The maximum Gasteiger partial charge on any atom is 0.354 e. The number of allylic oxidation sites excluding steroid dienone is 1. The number of methoxy groups -OCH3 is 1. The third kappa shape index (κ3) is 6.12. The Hall–Kier alpha value is -1.62. The smallest absolute Gasteiger partial charge is 0.354 e. The highest BCUT2D eigenvalue weighted by Crippen LogP contribution is 2.18. The van der Waals surface area contributed by atoms with Crippen molar-refractivity contribution >= 4 is 27.8 Å². The van der Waals surface area contributed by atoms with Crippen molar-refractivity contribution in [2.75, 3.05) is 7.11 Å². The van der Waals surface area contributed by atoms with E-state index < -0.39 is 5.97 Å². The zero-order valence-electron chi connectivity index (χ0n) is 12.5. The standard InChI is InChI=1S/C16H20BrNO3/c1-11-8-9-14(17)10-13(11)6-4-5-7-15(16(20)21-3)18-12(2)19/h7-10H,4-6H2,1-3H3,(H,18,19)/b15-7-. The van der Waals surface area contributed by atoms with Gasteiger partial charge in [-0.2, -0.15) is 0 Å². The van der Waals surface area contributed by atoms with Crippen molar-refractivity contribution < 1.29 is 14.3 Å². The minimum absolute atomic E-state index is 0.205. The van der Waals surface area contributed by atoms with Crippen LogP contribution >= 0.6 is 15.9 Å². The summed E-state index contributed by atoms with van der Waals surface area (Å²) in [6.07, 6.45) is 4.20. The van der Waals surface area contributed by atoms with Crippen LogP contribution in [0.4, 0.5) is 0 Å². The van der Waals surface area contributed by atoms with Crippen molar-refractivity contribution in [2.45, 2.75) is 33.1 Å². The van der Waals surface area contributed by atoms with Gasteiger partial charge in [0.25, 0.3) is 0 Å². The van der Waals surface area contributed by atoms with E-state index >= 15 is 0 Å². The van der Waals surface area contributed by atoms with Gasteiger partial charge in [0, 0.05) is 11.4 Å². The van der Waals surface area contributed by atoms with Crippen LogP contribution < -0.4 is 5.32 Å². The Morgan fingerprint density at radius 1 is 1.38 bits per heavy atom. The van der Waals surface area contributed by atoms with Crippen LogP contribution in [0.2, 0.25) is 0 Å². The average molecular weight is 354 g/mol. The van der Waals surface area contributed by atoms with E-state index in [1.807, 2.05) is 6.07 Å². The summed E-state index contributed by atoms with van der Waals surface area (Å²) >= 11 is 3.46. The predicted molar refractivity (Wildman–Crippen MR) is 85.7 cm³/mol. The van der Waals surface area contributed by atoms with E-state index in [1.54, 1.807) is 6.08 Å². The molecule has 1 aromatic rings. The molecular weight excluding hydrogens is 334 g/mol. The number of benzene rings is 1. The van der Waals surface area contributed by atoms with Crippen molar-refractivity contribution in [1.82, 2.24) is 5.32 Å². The number of ether oxygens (including phenoxy) is 1. The maximum atomic E-state index is 11.5. The fraction of sp³-hybridized carbons (Fsp3) is 0.375. The predicted octanol–water partition coefficient (Wildman–Crippen LogP) is 3.27. The summed E-state index contributed by atoms with van der Waals surface area (Å²) in [4.78, 5) is 22.5. The van der Waals surface area contributed by atoms with E-state index in [1.165, 1.54) is 25.2 Å². The van der Waals surface area contributed by atoms with E-state index in [9.17, 15) is 9.59 Å². The molecule has 0 aliphatic heterocycles. The molecule has 0 aromatic heterocycles. The van der Waals surface area contributed by atoms with Gasteiger partial charge in [0.2, 0.25) is 5.91 Å². The largest absolute Gasteiger partial charge is 0.464 e. The molecule has 0 atom stereocenters. The van der Waals surface area contributed by atoms with Crippen LogP contribution in [0.5, 0.6) is 0 Å². The van der Waals surface area contributed by atoms with Gasteiger partial charge < -0.3 is 10.1 Å². The molecule has 1 N–H and O–H groups in total. The van der Waals surface area contributed by atoms with Gasteiger partial charge in [-0.3, -0.25) is 4.79 Å². The average Bonchev–Trinajstić information content (AvgIpc) is 2.44. The summed E-state index contributed by atoms with van der Waals surface area (Å²) in [5.74, 6) is -0.807. The van der Waals surface area contributed by atoms with Crippen molar-refractivity contribution in [2.24, 2.45) is 0 Å². The molecule has 0 aliphatic rings. The number of nitrogens with one attached hydrogen (secondary N) is 1. The monoisotopic (exact) mass is 353 g/mol. The van der Waals surface area contributed by atoms with Crippen molar-refractivity contribution in [3.63, 3.8) is 0 Å². The highest BCUT2D eigenvalue weighted by molar-refractivity contribution is 9.10. The molecule has 0 saturated carbocycles. The number of carbonyl (C=O) groups is 2. The molecule has 0 aliphatic carbocycles. The summed E-state index contributed by atoms with van der Waals surface area (Å²) in [6, 6.07) is 6.20. The molecule has 1 amide bonds. The number of unbranched alkanes of at least 4 members (excludes halogenated alkanes) is 1. The fourth-order valence-electron chi connectivity index (χ4n) is 1.93. The quantitative estimate of drug-likeness (QED) is 0.485. The lowest BCUT2D eigenvalue weighted by Gasteiger charge is -2.07. The van der Waals surface area contributed by atoms with E-state index in [0.29, 0.717) is 6.42 Å². The van der Waals surface area contributed by atoms with Gasteiger partial charge in [0.15, 0.2) is 0 Å². The first kappa shape index (κ1) is 17.4. The Labute approximate surface area is 133 Å². The third-order valence-electron chi connectivity index (χ3n) is 3.03. The van der Waals surface area contributed by atoms with Crippen LogP contribution in [0.25, 0.3) is 0 Å². The van der Waals surface area contributed by atoms with Crippen molar-refractivity contribution in [1.29, 1.82) is 0 Å². The zero-order chi connectivity index (χ0) is 15.8. The number of rotatable bonds is 6. The van der Waals surface area contributed by atoms with Crippen molar-refractivity contribution in [3.8, 4) is 0 Å². The SMILES string of the molecule is COC(=O)/C(=C/CCCc1cc(Br)ccc1C)NC(C)=O. The van der Waals surface area contributed by atoms with Crippen LogP contribution in [0, 0.1) is 6.92 Å². The zero-order valence-corrected chi connectivity index (χ0v) is 14.1. The van der Waals surface area contributed by atoms with E-state index in [2.05, 4.69) is 45.0 Å². The molecular formula is C16H20BrNO3. The Balaban J connectivity index is 2.60. The van der Waals surface area contributed by atoms with Gasteiger partial charge in [-0.25, -0.2) is 4.79 Å². The van der Waals surface area contributed by atoms with Gasteiger partial charge in [-0.05, 0) is 49.4 Å². The van der Waals surface area contributed by atoms with Crippen LogP contribution in [0.3, 0.4) is 0 Å². The molecule has 0 radical (unpaired) electrons. The summed E-state index contributed by atoms with van der Waals surface area (Å²) in [6.45, 7) is 3.44. The highest BCUT2D eigenvalue weighted by Gasteiger charge is 2.10. The molecule has 5 heteroatoms. The van der Waals surface area contributed by atoms with Crippen LogP contribution in [-0.2, 0) is 20.7 Å². The Kier molecular flexibility index (Phi) is 7.15. The second kappa shape index (κ2) is 8.62. The number of halogens is 1. The third-order valence-corrected chi connectivity index (χ3v) is 3.52. The van der Waals surface area contributed by atoms with Crippen LogP contribution in [0.1, 0.15) is 30.9 Å². The second-order valence-electron chi connectivity index (χ2n) is 4.75. The minimum atomic E-state index is -0.524. The molecule has 21 heavy (non-hydrogen) atoms. The number of carbonyl (C=O) groups excluding carboxylic acids is 2. The molecule has 114 valence electrons. The Bertz CT molecular complexity index is 552. The molecule has 0 fully saturated rings. The first-order valence-electron chi connectivity index (χ1n) is 6.75. The maximum absolute atomic E-state index is 11.5. The summed E-state index contributed by atoms with van der Waals surface area (Å²) in [5.41, 5.74) is 2.73. The van der Waals surface area contributed by atoms with Crippen molar-refractivity contribution in [3.05, 3.63) is 45.6 Å². The number of esters is 1. The van der Waals surface area contributed by atoms with Crippen LogP contribution in [0.15, 0.2) is 34.4 Å². The van der Waals surface area contributed by atoms with Gasteiger partial charge in [-0.1, -0.05) is 28.1 Å². The lowest BCUT2D eigenvalue weighted by atomic mass is 10.0. The molecule has 1 rings (SSSR count). The van der Waals surface area contributed by atoms with Gasteiger partial charge >= 0.3 is 5.97 Å². The molecule has 1 aromatic carbocycles. The van der Waals surface area contributed by atoms with E-state index in [4.69, 9.17) is 0 Å². The summed E-state index contributed by atoms with van der Waals surface area (Å²) in [7, 11) is 1.29. The lowest BCUT2D eigenvalue weighted by molar-refractivity contribution is -0.137. The second-order valence-corrected chi connectivity index (χ2v) is 5.67. The number of aryl methyl sites for hydroxylation is 2.